The van der Waals surface area contributed by atoms with Crippen LogP contribution >= 0.6 is 0 Å². The standard InChI is InChI=1S/C18H16N2O4/c21-17(22)9-8-13-10-19-16(20-18(13)23)11-24-15-7-3-5-12-4-1-2-6-14(12)15/h1-7,10H,8-9,11H2,(H,21,22)(H,19,20,23). The number of carboxylic acid groups (broad SMARTS) is 1. The lowest BCUT2D eigenvalue weighted by atomic mass is 10.1. The van der Waals surface area contributed by atoms with Crippen LogP contribution < -0.4 is 10.3 Å². The van der Waals surface area contributed by atoms with E-state index >= 15 is 0 Å². The van der Waals surface area contributed by atoms with Crippen LogP contribution in [-0.4, -0.2) is 21.0 Å². The van der Waals surface area contributed by atoms with E-state index in [-0.39, 0.29) is 25.0 Å². The average molecular weight is 324 g/mol. The Hall–Kier alpha value is -3.15. The number of fused-ring (bicyclic) bond motifs is 1. The molecule has 0 saturated carbocycles. The minimum Gasteiger partial charge on any atom is -0.485 e. The molecule has 0 unspecified atom stereocenters. The van der Waals surface area contributed by atoms with Crippen LogP contribution in [0.15, 0.2) is 53.5 Å². The third kappa shape index (κ3) is 3.60. The van der Waals surface area contributed by atoms with Gasteiger partial charge in [-0.15, -0.1) is 0 Å². The number of nitrogens with one attached hydrogen (secondary N) is 1. The lowest BCUT2D eigenvalue weighted by molar-refractivity contribution is -0.136. The Morgan fingerprint density at radius 2 is 1.96 bits per heavy atom. The number of aromatic amines is 1. The Balaban J connectivity index is 1.73. The van der Waals surface area contributed by atoms with Gasteiger partial charge < -0.3 is 14.8 Å². The summed E-state index contributed by atoms with van der Waals surface area (Å²) in [6, 6.07) is 13.6. The normalized spacial score (nSPS) is 10.7. The maximum atomic E-state index is 11.9. The summed E-state index contributed by atoms with van der Waals surface area (Å²) in [7, 11) is 0. The third-order valence-corrected chi connectivity index (χ3v) is 3.65. The summed E-state index contributed by atoms with van der Waals surface area (Å²) in [5, 5.41) is 10.7. The smallest absolute Gasteiger partial charge is 0.303 e. The van der Waals surface area contributed by atoms with Crippen molar-refractivity contribution in [1.82, 2.24) is 9.97 Å². The summed E-state index contributed by atoms with van der Waals surface area (Å²) >= 11 is 0. The molecule has 0 aliphatic heterocycles. The molecule has 0 fully saturated rings. The van der Waals surface area contributed by atoms with Gasteiger partial charge in [0.25, 0.3) is 5.56 Å². The number of carbonyl (C=O) groups is 1. The van der Waals surface area contributed by atoms with Crippen molar-refractivity contribution in [2.45, 2.75) is 19.4 Å². The Bertz CT molecular complexity index is 928. The lowest BCUT2D eigenvalue weighted by Crippen LogP contribution is -2.18. The van der Waals surface area contributed by atoms with E-state index in [0.29, 0.717) is 17.1 Å². The van der Waals surface area contributed by atoms with Crippen molar-refractivity contribution in [2.24, 2.45) is 0 Å². The molecule has 0 amide bonds. The number of carboxylic acids is 1. The lowest BCUT2D eigenvalue weighted by Gasteiger charge is -2.09. The highest BCUT2D eigenvalue weighted by Crippen LogP contribution is 2.25. The number of rotatable bonds is 6. The van der Waals surface area contributed by atoms with Crippen LogP contribution in [0.5, 0.6) is 5.75 Å². The van der Waals surface area contributed by atoms with Crippen LogP contribution in [0, 0.1) is 0 Å². The number of hydrogen-bond acceptors (Lipinski definition) is 4. The van der Waals surface area contributed by atoms with Crippen LogP contribution in [0.3, 0.4) is 0 Å². The molecule has 6 heteroatoms. The fourth-order valence-electron chi connectivity index (χ4n) is 2.42. The summed E-state index contributed by atoms with van der Waals surface area (Å²) in [5.41, 5.74) is 0.0223. The second kappa shape index (κ2) is 6.95. The largest absolute Gasteiger partial charge is 0.485 e. The first-order chi connectivity index (χ1) is 11.6. The molecule has 3 rings (SSSR count). The highest BCUT2D eigenvalue weighted by atomic mass is 16.5. The molecule has 0 bridgehead atoms. The first-order valence-electron chi connectivity index (χ1n) is 7.53. The van der Waals surface area contributed by atoms with Gasteiger partial charge in [-0.25, -0.2) is 4.98 Å². The van der Waals surface area contributed by atoms with E-state index in [1.165, 1.54) is 6.20 Å². The van der Waals surface area contributed by atoms with Gasteiger partial charge in [-0.2, -0.15) is 0 Å². The Labute approximate surface area is 137 Å². The van der Waals surface area contributed by atoms with Gasteiger partial charge in [-0.1, -0.05) is 36.4 Å². The van der Waals surface area contributed by atoms with Crippen molar-refractivity contribution < 1.29 is 14.6 Å². The number of benzene rings is 2. The first kappa shape index (κ1) is 15.7. The van der Waals surface area contributed by atoms with Crippen molar-refractivity contribution in [3.63, 3.8) is 0 Å². The molecule has 1 heterocycles. The van der Waals surface area contributed by atoms with Crippen LogP contribution in [0.1, 0.15) is 17.8 Å². The monoisotopic (exact) mass is 324 g/mol. The molecule has 2 aromatic carbocycles. The van der Waals surface area contributed by atoms with Crippen molar-refractivity contribution in [3.8, 4) is 5.75 Å². The predicted octanol–water partition coefficient (Wildman–Crippen LogP) is 2.52. The number of nitrogens with zero attached hydrogens (tertiary/aromatic N) is 1. The van der Waals surface area contributed by atoms with Crippen LogP contribution in [-0.2, 0) is 17.8 Å². The highest BCUT2D eigenvalue weighted by molar-refractivity contribution is 5.88. The van der Waals surface area contributed by atoms with Crippen LogP contribution in [0.2, 0.25) is 0 Å². The fourth-order valence-corrected chi connectivity index (χ4v) is 2.42. The number of aromatic nitrogens is 2. The summed E-state index contributed by atoms with van der Waals surface area (Å²) in [4.78, 5) is 29.3. The second-order valence-electron chi connectivity index (χ2n) is 5.34. The summed E-state index contributed by atoms with van der Waals surface area (Å²) in [5.74, 6) is 0.162. The molecule has 0 aliphatic carbocycles. The van der Waals surface area contributed by atoms with Gasteiger partial charge in [0, 0.05) is 23.6 Å². The van der Waals surface area contributed by atoms with E-state index in [2.05, 4.69) is 9.97 Å². The highest BCUT2D eigenvalue weighted by Gasteiger charge is 2.07. The van der Waals surface area contributed by atoms with E-state index in [0.717, 1.165) is 10.8 Å². The summed E-state index contributed by atoms with van der Waals surface area (Å²) in [6.07, 6.45) is 1.46. The number of H-pyrrole nitrogens is 1. The number of aliphatic carboxylic acids is 1. The summed E-state index contributed by atoms with van der Waals surface area (Å²) < 4.78 is 5.77. The number of aryl methyl sites for hydroxylation is 1. The summed E-state index contributed by atoms with van der Waals surface area (Å²) in [6.45, 7) is 0.127. The van der Waals surface area contributed by atoms with E-state index in [1.807, 2.05) is 42.5 Å². The van der Waals surface area contributed by atoms with Gasteiger partial charge >= 0.3 is 5.97 Å². The zero-order valence-electron chi connectivity index (χ0n) is 12.9. The molecule has 0 atom stereocenters. The molecule has 3 aromatic rings. The molecular formula is C18H16N2O4. The van der Waals surface area contributed by atoms with Gasteiger partial charge in [0.2, 0.25) is 0 Å². The minimum atomic E-state index is -0.947. The topological polar surface area (TPSA) is 92.3 Å². The van der Waals surface area contributed by atoms with E-state index in [1.54, 1.807) is 0 Å². The number of ether oxygens (including phenoxy) is 1. The molecule has 6 nitrogen and oxygen atoms in total. The van der Waals surface area contributed by atoms with Crippen molar-refractivity contribution in [3.05, 3.63) is 70.4 Å². The van der Waals surface area contributed by atoms with Gasteiger partial charge in [-0.05, 0) is 17.9 Å². The SMILES string of the molecule is O=C(O)CCc1cnc(COc2cccc3ccccc23)[nH]c1=O. The van der Waals surface area contributed by atoms with Crippen LogP contribution in [0.4, 0.5) is 0 Å². The molecule has 1 aromatic heterocycles. The average Bonchev–Trinajstić information content (AvgIpc) is 2.59. The van der Waals surface area contributed by atoms with Gasteiger partial charge in [0.1, 0.15) is 18.2 Å². The van der Waals surface area contributed by atoms with Gasteiger partial charge in [0.05, 0.1) is 0 Å². The molecule has 0 aliphatic rings. The Kier molecular flexibility index (Phi) is 4.56. The Morgan fingerprint density at radius 1 is 1.17 bits per heavy atom. The molecule has 0 spiro atoms. The third-order valence-electron chi connectivity index (χ3n) is 3.65. The van der Waals surface area contributed by atoms with E-state index in [4.69, 9.17) is 9.84 Å². The van der Waals surface area contributed by atoms with Gasteiger partial charge in [-0.3, -0.25) is 9.59 Å². The molecule has 2 N–H and O–H groups in total. The van der Waals surface area contributed by atoms with E-state index < -0.39 is 5.97 Å². The zero-order valence-corrected chi connectivity index (χ0v) is 12.9. The molecule has 24 heavy (non-hydrogen) atoms. The fraction of sp³-hybridized carbons (Fsp3) is 0.167. The zero-order chi connectivity index (χ0) is 16.9. The van der Waals surface area contributed by atoms with Crippen LogP contribution in [0.25, 0.3) is 10.8 Å². The van der Waals surface area contributed by atoms with Crippen molar-refractivity contribution >= 4 is 16.7 Å². The maximum Gasteiger partial charge on any atom is 0.303 e. The maximum absolute atomic E-state index is 11.9. The quantitative estimate of drug-likeness (QED) is 0.727. The molecular weight excluding hydrogens is 308 g/mol. The van der Waals surface area contributed by atoms with Crippen molar-refractivity contribution in [1.29, 1.82) is 0 Å². The van der Waals surface area contributed by atoms with E-state index in [9.17, 15) is 9.59 Å². The Morgan fingerprint density at radius 3 is 2.75 bits per heavy atom. The van der Waals surface area contributed by atoms with Crippen molar-refractivity contribution in [2.75, 3.05) is 0 Å². The number of hydrogen-bond donors (Lipinski definition) is 2. The molecule has 122 valence electrons. The first-order valence-corrected chi connectivity index (χ1v) is 7.53. The second-order valence-corrected chi connectivity index (χ2v) is 5.34. The van der Waals surface area contributed by atoms with Gasteiger partial charge in [0.15, 0.2) is 0 Å². The molecule has 0 radical (unpaired) electrons. The predicted molar refractivity (Wildman–Crippen MR) is 89.1 cm³/mol. The molecule has 0 saturated heterocycles. The minimum absolute atomic E-state index is 0.101.